The predicted octanol–water partition coefficient (Wildman–Crippen LogP) is 7.31. The summed E-state index contributed by atoms with van der Waals surface area (Å²) in [5.41, 5.74) is 1.44. The van der Waals surface area contributed by atoms with E-state index in [0.717, 1.165) is 27.9 Å². The lowest BCUT2D eigenvalue weighted by atomic mass is 10.1. The second-order valence-electron chi connectivity index (χ2n) is 6.56. The average molecular weight is 506 g/mol. The molecule has 0 amide bonds. The van der Waals surface area contributed by atoms with Crippen molar-refractivity contribution in [1.29, 1.82) is 0 Å². The van der Waals surface area contributed by atoms with Gasteiger partial charge in [0.2, 0.25) is 5.13 Å². The standard InChI is InChI=1S/C22H15BrF3N3OS/c23-17-7-3-8-18(12-17)27-21-29-28-20(31-21)15-5-2-9-19(11-15)30-13-14-4-1-6-16(10-14)22(24,25)26/h1-12H,13H2,(H,27,29). The number of hydrogen-bond donors (Lipinski definition) is 1. The number of ether oxygens (including phenoxy) is 1. The average Bonchev–Trinajstić information content (AvgIpc) is 3.21. The third-order valence-corrected chi connectivity index (χ3v) is 5.62. The second kappa shape index (κ2) is 9.07. The van der Waals surface area contributed by atoms with Crippen molar-refractivity contribution in [1.82, 2.24) is 10.2 Å². The molecule has 158 valence electrons. The molecule has 4 rings (SSSR count). The Morgan fingerprint density at radius 1 is 0.935 bits per heavy atom. The third-order valence-electron chi connectivity index (χ3n) is 4.24. The topological polar surface area (TPSA) is 47.0 Å². The fraction of sp³-hybridized carbons (Fsp3) is 0.0909. The van der Waals surface area contributed by atoms with Crippen molar-refractivity contribution in [3.8, 4) is 16.3 Å². The molecule has 0 bridgehead atoms. The van der Waals surface area contributed by atoms with Gasteiger partial charge in [-0.1, -0.05) is 57.6 Å². The van der Waals surface area contributed by atoms with Gasteiger partial charge in [0, 0.05) is 15.7 Å². The first kappa shape index (κ1) is 21.3. The van der Waals surface area contributed by atoms with Crippen molar-refractivity contribution in [3.63, 3.8) is 0 Å². The van der Waals surface area contributed by atoms with Crippen molar-refractivity contribution < 1.29 is 17.9 Å². The van der Waals surface area contributed by atoms with Gasteiger partial charge in [-0.05, 0) is 48.0 Å². The number of aromatic nitrogens is 2. The van der Waals surface area contributed by atoms with Gasteiger partial charge in [-0.25, -0.2) is 0 Å². The largest absolute Gasteiger partial charge is 0.489 e. The maximum absolute atomic E-state index is 12.9. The van der Waals surface area contributed by atoms with Gasteiger partial charge >= 0.3 is 6.18 Å². The Balaban J connectivity index is 1.45. The number of benzene rings is 3. The first-order valence-corrected chi connectivity index (χ1v) is 10.7. The van der Waals surface area contributed by atoms with Crippen molar-refractivity contribution in [2.45, 2.75) is 12.8 Å². The maximum Gasteiger partial charge on any atom is 0.416 e. The Morgan fingerprint density at radius 3 is 2.55 bits per heavy atom. The summed E-state index contributed by atoms with van der Waals surface area (Å²) in [6.07, 6.45) is -4.38. The summed E-state index contributed by atoms with van der Waals surface area (Å²) in [4.78, 5) is 0. The molecule has 3 aromatic carbocycles. The molecule has 0 aliphatic carbocycles. The van der Waals surface area contributed by atoms with Crippen LogP contribution < -0.4 is 10.1 Å². The normalized spacial score (nSPS) is 11.4. The van der Waals surface area contributed by atoms with Gasteiger partial charge in [-0.3, -0.25) is 0 Å². The van der Waals surface area contributed by atoms with Gasteiger partial charge in [-0.2, -0.15) is 13.2 Å². The lowest BCUT2D eigenvalue weighted by molar-refractivity contribution is -0.137. The predicted molar refractivity (Wildman–Crippen MR) is 119 cm³/mol. The van der Waals surface area contributed by atoms with Crippen LogP contribution in [0.2, 0.25) is 0 Å². The molecular formula is C22H15BrF3N3OS. The second-order valence-corrected chi connectivity index (χ2v) is 8.46. The zero-order chi connectivity index (χ0) is 21.8. The van der Waals surface area contributed by atoms with E-state index < -0.39 is 11.7 Å². The quantitative estimate of drug-likeness (QED) is 0.298. The van der Waals surface area contributed by atoms with E-state index in [-0.39, 0.29) is 6.61 Å². The summed E-state index contributed by atoms with van der Waals surface area (Å²) in [6.45, 7) is 0.0270. The van der Waals surface area contributed by atoms with Crippen LogP contribution in [0.25, 0.3) is 10.6 Å². The molecule has 9 heteroatoms. The smallest absolute Gasteiger partial charge is 0.416 e. The molecule has 0 aliphatic heterocycles. The van der Waals surface area contributed by atoms with Crippen LogP contribution in [0, 0.1) is 0 Å². The minimum atomic E-state index is -4.38. The molecule has 0 atom stereocenters. The summed E-state index contributed by atoms with van der Waals surface area (Å²) in [6, 6.07) is 20.0. The van der Waals surface area contributed by atoms with Crippen LogP contribution in [0.4, 0.5) is 24.0 Å². The van der Waals surface area contributed by atoms with Gasteiger partial charge < -0.3 is 10.1 Å². The number of hydrogen-bond acceptors (Lipinski definition) is 5. The van der Waals surface area contributed by atoms with Gasteiger partial charge in [0.1, 0.15) is 17.4 Å². The fourth-order valence-electron chi connectivity index (χ4n) is 2.80. The lowest BCUT2D eigenvalue weighted by Gasteiger charge is -2.10. The summed E-state index contributed by atoms with van der Waals surface area (Å²) in [7, 11) is 0. The number of nitrogens with zero attached hydrogens (tertiary/aromatic N) is 2. The first-order valence-electron chi connectivity index (χ1n) is 9.12. The summed E-state index contributed by atoms with van der Waals surface area (Å²) in [5.74, 6) is 0.534. The number of alkyl halides is 3. The van der Waals surface area contributed by atoms with Crippen molar-refractivity contribution in [2.24, 2.45) is 0 Å². The molecule has 0 unspecified atom stereocenters. The van der Waals surface area contributed by atoms with Crippen LogP contribution in [-0.4, -0.2) is 10.2 Å². The van der Waals surface area contributed by atoms with Gasteiger partial charge in [0.05, 0.1) is 5.56 Å². The highest BCUT2D eigenvalue weighted by Gasteiger charge is 2.30. The molecule has 0 saturated heterocycles. The molecule has 0 aliphatic rings. The Morgan fingerprint density at radius 2 is 1.74 bits per heavy atom. The van der Waals surface area contributed by atoms with E-state index in [9.17, 15) is 13.2 Å². The van der Waals surface area contributed by atoms with E-state index in [2.05, 4.69) is 31.4 Å². The van der Waals surface area contributed by atoms with Crippen LogP contribution in [0.3, 0.4) is 0 Å². The van der Waals surface area contributed by atoms with Crippen LogP contribution in [0.1, 0.15) is 11.1 Å². The van der Waals surface area contributed by atoms with Crippen LogP contribution >= 0.6 is 27.3 Å². The molecule has 4 aromatic rings. The molecule has 31 heavy (non-hydrogen) atoms. The zero-order valence-corrected chi connectivity index (χ0v) is 18.3. The number of rotatable bonds is 6. The number of halogens is 4. The first-order chi connectivity index (χ1) is 14.9. The molecule has 0 fully saturated rings. The highest BCUT2D eigenvalue weighted by molar-refractivity contribution is 9.10. The zero-order valence-electron chi connectivity index (χ0n) is 15.9. The third kappa shape index (κ3) is 5.62. The SMILES string of the molecule is FC(F)(F)c1cccc(COc2cccc(-c3nnc(Nc4cccc(Br)c4)s3)c2)c1. The Bertz CT molecular complexity index is 1200. The Labute approximate surface area is 188 Å². The van der Waals surface area contributed by atoms with E-state index in [1.54, 1.807) is 24.3 Å². The number of anilines is 2. The molecule has 1 aromatic heterocycles. The van der Waals surface area contributed by atoms with Gasteiger partial charge in [0.25, 0.3) is 0 Å². The van der Waals surface area contributed by atoms with Crippen LogP contribution in [0.5, 0.6) is 5.75 Å². The maximum atomic E-state index is 12.9. The number of nitrogens with one attached hydrogen (secondary N) is 1. The van der Waals surface area contributed by atoms with Crippen LogP contribution in [0.15, 0.2) is 77.3 Å². The monoisotopic (exact) mass is 505 g/mol. The Kier molecular flexibility index (Phi) is 6.24. The molecule has 1 heterocycles. The summed E-state index contributed by atoms with van der Waals surface area (Å²) < 4.78 is 45.3. The summed E-state index contributed by atoms with van der Waals surface area (Å²) in [5, 5.41) is 12.9. The summed E-state index contributed by atoms with van der Waals surface area (Å²) >= 11 is 4.81. The molecule has 0 saturated carbocycles. The van der Waals surface area contributed by atoms with Crippen molar-refractivity contribution >= 4 is 38.1 Å². The van der Waals surface area contributed by atoms with Gasteiger partial charge in [-0.15, -0.1) is 10.2 Å². The molecule has 0 radical (unpaired) electrons. The minimum absolute atomic E-state index is 0.0270. The van der Waals surface area contributed by atoms with E-state index in [0.29, 0.717) is 21.5 Å². The van der Waals surface area contributed by atoms with Crippen molar-refractivity contribution in [2.75, 3.05) is 5.32 Å². The van der Waals surface area contributed by atoms with Crippen LogP contribution in [-0.2, 0) is 12.8 Å². The Hall–Kier alpha value is -2.91. The van der Waals surface area contributed by atoms with E-state index in [4.69, 9.17) is 4.74 Å². The molecule has 4 nitrogen and oxygen atoms in total. The highest BCUT2D eigenvalue weighted by Crippen LogP contribution is 2.32. The molecule has 1 N–H and O–H groups in total. The highest BCUT2D eigenvalue weighted by atomic mass is 79.9. The van der Waals surface area contributed by atoms with E-state index in [1.165, 1.54) is 17.4 Å². The van der Waals surface area contributed by atoms with E-state index in [1.807, 2.05) is 30.3 Å². The molecule has 0 spiro atoms. The minimum Gasteiger partial charge on any atom is -0.489 e. The fourth-order valence-corrected chi connectivity index (χ4v) is 3.96. The van der Waals surface area contributed by atoms with Gasteiger partial charge in [0.15, 0.2) is 0 Å². The lowest BCUT2D eigenvalue weighted by Crippen LogP contribution is -2.06. The molecular weight excluding hydrogens is 491 g/mol. The van der Waals surface area contributed by atoms with E-state index >= 15 is 0 Å². The van der Waals surface area contributed by atoms with Crippen molar-refractivity contribution in [3.05, 3.63) is 88.4 Å².